The summed E-state index contributed by atoms with van der Waals surface area (Å²) in [7, 11) is 0. The fourth-order valence-corrected chi connectivity index (χ4v) is 4.20. The molecular formula is C23H34N2O5. The fourth-order valence-electron chi connectivity index (χ4n) is 4.20. The summed E-state index contributed by atoms with van der Waals surface area (Å²) in [5.41, 5.74) is 1.43. The summed E-state index contributed by atoms with van der Waals surface area (Å²) in [6.45, 7) is 7.59. The highest BCUT2D eigenvalue weighted by Gasteiger charge is 2.30. The number of carbonyl (C=O) groups is 3. The van der Waals surface area contributed by atoms with E-state index in [4.69, 9.17) is 19.8 Å². The summed E-state index contributed by atoms with van der Waals surface area (Å²) in [6, 6.07) is 10.7. The van der Waals surface area contributed by atoms with E-state index in [-0.39, 0.29) is 5.92 Å². The Bertz CT molecular complexity index is 674. The molecule has 2 aliphatic heterocycles. The smallest absolute Gasteiger partial charge is 0.414 e. The Kier molecular flexibility index (Phi) is 9.80. The predicted molar refractivity (Wildman–Crippen MR) is 114 cm³/mol. The number of carboxylic acids is 2. The maximum atomic E-state index is 12.7. The molecule has 1 unspecified atom stereocenters. The molecule has 2 N–H and O–H groups in total. The van der Waals surface area contributed by atoms with Crippen molar-refractivity contribution in [3.63, 3.8) is 0 Å². The molecule has 30 heavy (non-hydrogen) atoms. The first-order chi connectivity index (χ1) is 14.4. The molecule has 2 heterocycles. The normalized spacial score (nSPS) is 20.2. The number of benzene rings is 1. The molecule has 2 saturated heterocycles. The summed E-state index contributed by atoms with van der Waals surface area (Å²) in [5, 5.41) is 14.8. The molecule has 0 saturated carbocycles. The summed E-state index contributed by atoms with van der Waals surface area (Å²) < 4.78 is 0. The zero-order valence-corrected chi connectivity index (χ0v) is 17.8. The van der Waals surface area contributed by atoms with Crippen LogP contribution in [-0.4, -0.2) is 70.6 Å². The van der Waals surface area contributed by atoms with Crippen LogP contribution in [-0.2, 0) is 20.8 Å². The SMILES string of the molecule is CC1CCCN(C(=O)C2CCN(CCCc3ccccc3)CC2)C1.O=C(O)C(=O)O. The second kappa shape index (κ2) is 12.3. The van der Waals surface area contributed by atoms with Crippen molar-refractivity contribution >= 4 is 17.8 Å². The fraction of sp³-hybridized carbons (Fsp3) is 0.609. The number of rotatable bonds is 5. The van der Waals surface area contributed by atoms with Crippen LogP contribution in [0.25, 0.3) is 0 Å². The Labute approximate surface area is 178 Å². The number of aliphatic carboxylic acids is 2. The van der Waals surface area contributed by atoms with E-state index >= 15 is 0 Å². The lowest BCUT2D eigenvalue weighted by molar-refractivity contribution is -0.159. The van der Waals surface area contributed by atoms with E-state index in [9.17, 15) is 4.79 Å². The minimum atomic E-state index is -1.82. The molecule has 7 heteroatoms. The van der Waals surface area contributed by atoms with Gasteiger partial charge in [0.05, 0.1) is 0 Å². The van der Waals surface area contributed by atoms with E-state index < -0.39 is 11.9 Å². The standard InChI is InChI=1S/C21H32N2O.C2H2O4/c1-18-7-5-14-23(17-18)21(24)20-11-15-22(16-12-20)13-6-10-19-8-3-2-4-9-19;3-1(4)2(5)6/h2-4,8-9,18,20H,5-7,10-17H2,1H3;(H,3,4)(H,5,6). The molecule has 1 aromatic carbocycles. The van der Waals surface area contributed by atoms with Gasteiger partial charge in [0.1, 0.15) is 0 Å². The molecule has 2 fully saturated rings. The zero-order valence-electron chi connectivity index (χ0n) is 17.8. The van der Waals surface area contributed by atoms with Crippen molar-refractivity contribution in [3.8, 4) is 0 Å². The highest BCUT2D eigenvalue weighted by molar-refractivity contribution is 6.27. The molecule has 0 radical (unpaired) electrons. The third-order valence-electron chi connectivity index (χ3n) is 5.87. The van der Waals surface area contributed by atoms with Gasteiger partial charge in [0, 0.05) is 19.0 Å². The van der Waals surface area contributed by atoms with Crippen molar-refractivity contribution in [1.82, 2.24) is 9.80 Å². The van der Waals surface area contributed by atoms with Crippen LogP contribution in [0.5, 0.6) is 0 Å². The summed E-state index contributed by atoms with van der Waals surface area (Å²) in [5.74, 6) is -2.25. The van der Waals surface area contributed by atoms with E-state index in [0.29, 0.717) is 11.8 Å². The number of likely N-dealkylation sites (tertiary alicyclic amines) is 2. The molecule has 3 rings (SSSR count). The summed E-state index contributed by atoms with van der Waals surface area (Å²) in [4.78, 5) is 35.6. The third-order valence-corrected chi connectivity index (χ3v) is 5.87. The van der Waals surface area contributed by atoms with Crippen molar-refractivity contribution in [1.29, 1.82) is 0 Å². The Morgan fingerprint density at radius 1 is 0.967 bits per heavy atom. The predicted octanol–water partition coefficient (Wildman–Crippen LogP) is 2.75. The molecule has 0 aliphatic carbocycles. The van der Waals surface area contributed by atoms with Gasteiger partial charge >= 0.3 is 11.9 Å². The second-order valence-electron chi connectivity index (χ2n) is 8.35. The van der Waals surface area contributed by atoms with Gasteiger partial charge in [-0.25, -0.2) is 9.59 Å². The van der Waals surface area contributed by atoms with E-state index in [1.165, 1.54) is 24.8 Å². The number of carbonyl (C=O) groups excluding carboxylic acids is 1. The van der Waals surface area contributed by atoms with Crippen molar-refractivity contribution < 1.29 is 24.6 Å². The topological polar surface area (TPSA) is 98.2 Å². The molecule has 0 aromatic heterocycles. The summed E-state index contributed by atoms with van der Waals surface area (Å²) >= 11 is 0. The monoisotopic (exact) mass is 418 g/mol. The van der Waals surface area contributed by atoms with Crippen LogP contribution in [0.3, 0.4) is 0 Å². The number of aryl methyl sites for hydroxylation is 1. The van der Waals surface area contributed by atoms with Crippen molar-refractivity contribution in [2.75, 3.05) is 32.7 Å². The minimum Gasteiger partial charge on any atom is -0.473 e. The third kappa shape index (κ3) is 8.14. The molecule has 166 valence electrons. The van der Waals surface area contributed by atoms with Crippen LogP contribution in [0.2, 0.25) is 0 Å². The molecule has 1 amide bonds. The van der Waals surface area contributed by atoms with Gasteiger partial charge in [-0.15, -0.1) is 0 Å². The number of hydrogen-bond acceptors (Lipinski definition) is 4. The number of nitrogens with zero attached hydrogens (tertiary/aromatic N) is 2. The molecule has 2 aliphatic rings. The van der Waals surface area contributed by atoms with E-state index in [0.717, 1.165) is 52.0 Å². The van der Waals surface area contributed by atoms with Crippen molar-refractivity contribution in [2.45, 2.75) is 45.4 Å². The van der Waals surface area contributed by atoms with Crippen LogP contribution in [0, 0.1) is 11.8 Å². The molecule has 1 atom stereocenters. The Morgan fingerprint density at radius 3 is 2.17 bits per heavy atom. The van der Waals surface area contributed by atoms with Gasteiger partial charge in [0.25, 0.3) is 0 Å². The molecule has 1 aromatic rings. The average molecular weight is 419 g/mol. The number of hydrogen-bond donors (Lipinski definition) is 2. The van der Waals surface area contributed by atoms with Crippen molar-refractivity contribution in [3.05, 3.63) is 35.9 Å². The van der Waals surface area contributed by atoms with Gasteiger partial charge in [0.15, 0.2) is 0 Å². The Hall–Kier alpha value is -2.41. The van der Waals surface area contributed by atoms with E-state index in [1.54, 1.807) is 0 Å². The van der Waals surface area contributed by atoms with E-state index in [2.05, 4.69) is 47.1 Å². The lowest BCUT2D eigenvalue weighted by Crippen LogP contribution is -2.46. The summed E-state index contributed by atoms with van der Waals surface area (Å²) in [6.07, 6.45) is 6.94. The number of amides is 1. The molecule has 0 spiro atoms. The zero-order chi connectivity index (χ0) is 21.9. The van der Waals surface area contributed by atoms with Crippen molar-refractivity contribution in [2.24, 2.45) is 11.8 Å². The Morgan fingerprint density at radius 2 is 1.60 bits per heavy atom. The highest BCUT2D eigenvalue weighted by atomic mass is 16.4. The van der Waals surface area contributed by atoms with Crippen LogP contribution in [0.1, 0.15) is 44.6 Å². The average Bonchev–Trinajstić information content (AvgIpc) is 2.75. The maximum Gasteiger partial charge on any atom is 0.414 e. The minimum absolute atomic E-state index is 0.278. The van der Waals surface area contributed by atoms with Gasteiger partial charge < -0.3 is 20.0 Å². The number of carboxylic acid groups (broad SMARTS) is 2. The van der Waals surface area contributed by atoms with Crippen LogP contribution >= 0.6 is 0 Å². The molecule has 7 nitrogen and oxygen atoms in total. The molecular weight excluding hydrogens is 384 g/mol. The Balaban J connectivity index is 0.000000469. The van der Waals surface area contributed by atoms with Gasteiger partial charge in [-0.3, -0.25) is 4.79 Å². The highest BCUT2D eigenvalue weighted by Crippen LogP contribution is 2.23. The van der Waals surface area contributed by atoms with Gasteiger partial charge in [-0.05, 0) is 69.6 Å². The first kappa shape index (κ1) is 23.9. The lowest BCUT2D eigenvalue weighted by Gasteiger charge is -2.37. The van der Waals surface area contributed by atoms with Gasteiger partial charge in [-0.1, -0.05) is 37.3 Å². The first-order valence-electron chi connectivity index (χ1n) is 10.9. The first-order valence-corrected chi connectivity index (χ1v) is 10.9. The quantitative estimate of drug-likeness (QED) is 0.714. The van der Waals surface area contributed by atoms with Gasteiger partial charge in [0.2, 0.25) is 5.91 Å². The lowest BCUT2D eigenvalue weighted by atomic mass is 9.92. The van der Waals surface area contributed by atoms with Crippen LogP contribution in [0.15, 0.2) is 30.3 Å². The second-order valence-corrected chi connectivity index (χ2v) is 8.35. The van der Waals surface area contributed by atoms with E-state index in [1.807, 2.05) is 0 Å². The van der Waals surface area contributed by atoms with Gasteiger partial charge in [-0.2, -0.15) is 0 Å². The number of piperidine rings is 2. The largest absolute Gasteiger partial charge is 0.473 e. The van der Waals surface area contributed by atoms with Crippen LogP contribution < -0.4 is 0 Å². The maximum absolute atomic E-state index is 12.7. The van der Waals surface area contributed by atoms with Crippen LogP contribution in [0.4, 0.5) is 0 Å². The molecule has 0 bridgehead atoms.